The van der Waals surface area contributed by atoms with E-state index in [9.17, 15) is 23.1 Å². The lowest BCUT2D eigenvalue weighted by molar-refractivity contribution is -0.183. The molecular formula is C14H25F3N2O2. The Kier molecular flexibility index (Phi) is 6.77. The Bertz CT molecular complexity index is 335. The van der Waals surface area contributed by atoms with Gasteiger partial charge in [-0.2, -0.15) is 13.2 Å². The number of alkyl halides is 3. The van der Waals surface area contributed by atoms with Crippen LogP contribution < -0.4 is 10.6 Å². The van der Waals surface area contributed by atoms with E-state index < -0.39 is 30.3 Å². The Labute approximate surface area is 123 Å². The second-order valence-corrected chi connectivity index (χ2v) is 6.10. The number of hydrogen-bond acceptors (Lipinski definition) is 2. The van der Waals surface area contributed by atoms with E-state index in [1.54, 1.807) is 0 Å². The number of aliphatic hydroxyl groups excluding tert-OH is 1. The first-order valence-corrected chi connectivity index (χ1v) is 7.49. The van der Waals surface area contributed by atoms with Crippen LogP contribution in [0.2, 0.25) is 0 Å². The predicted octanol–water partition coefficient (Wildman–Crippen LogP) is 2.81. The van der Waals surface area contributed by atoms with Crippen molar-refractivity contribution in [2.24, 2.45) is 11.8 Å². The number of carbonyl (C=O) groups excluding carboxylic acids is 1. The van der Waals surface area contributed by atoms with E-state index >= 15 is 0 Å². The van der Waals surface area contributed by atoms with Crippen molar-refractivity contribution in [1.82, 2.24) is 10.6 Å². The number of halogens is 3. The van der Waals surface area contributed by atoms with Crippen LogP contribution in [-0.4, -0.2) is 36.0 Å². The average molecular weight is 310 g/mol. The SMILES string of the molecule is CC(C)C(O)CCNC(=O)NC1CCCC(C(F)(F)F)C1. The Morgan fingerprint density at radius 3 is 2.57 bits per heavy atom. The molecular weight excluding hydrogens is 285 g/mol. The third-order valence-corrected chi connectivity index (χ3v) is 3.97. The maximum absolute atomic E-state index is 12.7. The van der Waals surface area contributed by atoms with Gasteiger partial charge in [-0.15, -0.1) is 0 Å². The molecule has 7 heteroatoms. The molecule has 0 aliphatic heterocycles. The molecule has 3 unspecified atom stereocenters. The van der Waals surface area contributed by atoms with Crippen LogP contribution >= 0.6 is 0 Å². The Hall–Kier alpha value is -0.980. The normalized spacial score (nSPS) is 24.7. The van der Waals surface area contributed by atoms with E-state index in [1.807, 2.05) is 13.8 Å². The Morgan fingerprint density at radius 2 is 2.00 bits per heavy atom. The third kappa shape index (κ3) is 6.54. The maximum atomic E-state index is 12.7. The maximum Gasteiger partial charge on any atom is 0.391 e. The van der Waals surface area contributed by atoms with E-state index in [0.29, 0.717) is 25.8 Å². The van der Waals surface area contributed by atoms with Crippen molar-refractivity contribution < 1.29 is 23.1 Å². The Morgan fingerprint density at radius 1 is 1.33 bits per heavy atom. The lowest BCUT2D eigenvalue weighted by atomic mass is 9.85. The van der Waals surface area contributed by atoms with Crippen molar-refractivity contribution in [3.05, 3.63) is 0 Å². The van der Waals surface area contributed by atoms with Gasteiger partial charge in [0.05, 0.1) is 12.0 Å². The quantitative estimate of drug-likeness (QED) is 0.731. The molecule has 2 amide bonds. The highest BCUT2D eigenvalue weighted by Crippen LogP contribution is 2.37. The summed E-state index contributed by atoms with van der Waals surface area (Å²) in [5.41, 5.74) is 0. The minimum absolute atomic E-state index is 0.0501. The van der Waals surface area contributed by atoms with Crippen LogP contribution in [-0.2, 0) is 0 Å². The van der Waals surface area contributed by atoms with Crippen molar-refractivity contribution in [3.63, 3.8) is 0 Å². The molecule has 0 aromatic carbocycles. The van der Waals surface area contributed by atoms with Crippen molar-refractivity contribution in [2.75, 3.05) is 6.54 Å². The summed E-state index contributed by atoms with van der Waals surface area (Å²) in [7, 11) is 0. The molecule has 3 atom stereocenters. The van der Waals surface area contributed by atoms with Crippen molar-refractivity contribution >= 4 is 6.03 Å². The fraction of sp³-hybridized carbons (Fsp3) is 0.929. The van der Waals surface area contributed by atoms with Crippen molar-refractivity contribution in [3.8, 4) is 0 Å². The lowest BCUT2D eigenvalue weighted by Gasteiger charge is -2.31. The number of nitrogens with one attached hydrogen (secondary N) is 2. The van der Waals surface area contributed by atoms with Crippen LogP contribution in [0.1, 0.15) is 46.0 Å². The number of urea groups is 1. The molecule has 21 heavy (non-hydrogen) atoms. The smallest absolute Gasteiger partial charge is 0.391 e. The molecule has 3 N–H and O–H groups in total. The van der Waals surface area contributed by atoms with Crippen LogP contribution in [0.3, 0.4) is 0 Å². The third-order valence-electron chi connectivity index (χ3n) is 3.97. The monoisotopic (exact) mass is 310 g/mol. The number of aliphatic hydroxyl groups is 1. The van der Waals surface area contributed by atoms with E-state index in [-0.39, 0.29) is 18.8 Å². The van der Waals surface area contributed by atoms with Crippen molar-refractivity contribution in [2.45, 2.75) is 64.3 Å². The number of hydrogen-bond donors (Lipinski definition) is 3. The number of rotatable bonds is 5. The Balaban J connectivity index is 2.28. The zero-order chi connectivity index (χ0) is 16.0. The standard InChI is InChI=1S/C14H25F3N2O2/c1-9(2)12(20)6-7-18-13(21)19-11-5-3-4-10(8-11)14(15,16)17/h9-12,20H,3-8H2,1-2H3,(H2,18,19,21). The van der Waals surface area contributed by atoms with Crippen LogP contribution in [0.4, 0.5) is 18.0 Å². The summed E-state index contributed by atoms with van der Waals surface area (Å²) < 4.78 is 38.0. The minimum Gasteiger partial charge on any atom is -0.393 e. The van der Waals surface area contributed by atoms with Gasteiger partial charge in [0.25, 0.3) is 0 Å². The first-order valence-electron chi connectivity index (χ1n) is 7.49. The molecule has 0 heterocycles. The van der Waals surface area contributed by atoms with Crippen LogP contribution in [0.25, 0.3) is 0 Å². The van der Waals surface area contributed by atoms with Gasteiger partial charge >= 0.3 is 12.2 Å². The van der Waals surface area contributed by atoms with Gasteiger partial charge in [-0.3, -0.25) is 0 Å². The summed E-state index contributed by atoms with van der Waals surface area (Å²) in [6.07, 6.45) is -3.10. The summed E-state index contributed by atoms with van der Waals surface area (Å²) >= 11 is 0. The summed E-state index contributed by atoms with van der Waals surface area (Å²) in [4.78, 5) is 11.6. The van der Waals surface area contributed by atoms with Gasteiger partial charge in [0.15, 0.2) is 0 Å². The first kappa shape index (κ1) is 18.1. The highest BCUT2D eigenvalue weighted by molar-refractivity contribution is 5.74. The van der Waals surface area contributed by atoms with Gasteiger partial charge in [0.2, 0.25) is 0 Å². The predicted molar refractivity (Wildman–Crippen MR) is 73.8 cm³/mol. The topological polar surface area (TPSA) is 61.4 Å². The molecule has 1 aliphatic rings. The van der Waals surface area contributed by atoms with Crippen LogP contribution in [0.5, 0.6) is 0 Å². The molecule has 4 nitrogen and oxygen atoms in total. The fourth-order valence-electron chi connectivity index (χ4n) is 2.52. The van der Waals surface area contributed by atoms with Gasteiger partial charge < -0.3 is 15.7 Å². The summed E-state index contributed by atoms with van der Waals surface area (Å²) in [5, 5.41) is 14.8. The number of carbonyl (C=O) groups is 1. The number of amides is 2. The second-order valence-electron chi connectivity index (χ2n) is 6.10. The van der Waals surface area contributed by atoms with Gasteiger partial charge in [-0.25, -0.2) is 4.79 Å². The van der Waals surface area contributed by atoms with Gasteiger partial charge in [-0.1, -0.05) is 20.3 Å². The molecule has 1 aliphatic carbocycles. The molecule has 1 fully saturated rings. The van der Waals surface area contributed by atoms with Crippen LogP contribution in [0.15, 0.2) is 0 Å². The molecule has 0 saturated heterocycles. The molecule has 0 bridgehead atoms. The first-order chi connectivity index (χ1) is 9.70. The summed E-state index contributed by atoms with van der Waals surface area (Å²) in [5.74, 6) is -1.21. The fourth-order valence-corrected chi connectivity index (χ4v) is 2.52. The van der Waals surface area contributed by atoms with E-state index in [2.05, 4.69) is 10.6 Å². The summed E-state index contributed by atoms with van der Waals surface area (Å²) in [6.45, 7) is 4.06. The van der Waals surface area contributed by atoms with Gasteiger partial charge in [-0.05, 0) is 31.6 Å². The second kappa shape index (κ2) is 7.87. The zero-order valence-corrected chi connectivity index (χ0v) is 12.5. The molecule has 124 valence electrons. The van der Waals surface area contributed by atoms with Crippen molar-refractivity contribution in [1.29, 1.82) is 0 Å². The van der Waals surface area contributed by atoms with Crippen LogP contribution in [0, 0.1) is 11.8 Å². The molecule has 0 spiro atoms. The molecule has 0 aromatic heterocycles. The molecule has 1 rings (SSSR count). The van der Waals surface area contributed by atoms with Gasteiger partial charge in [0.1, 0.15) is 0 Å². The van der Waals surface area contributed by atoms with E-state index in [1.165, 1.54) is 0 Å². The largest absolute Gasteiger partial charge is 0.393 e. The minimum atomic E-state index is -4.18. The average Bonchev–Trinajstić information content (AvgIpc) is 2.37. The highest BCUT2D eigenvalue weighted by Gasteiger charge is 2.42. The summed E-state index contributed by atoms with van der Waals surface area (Å²) in [6, 6.07) is -0.890. The zero-order valence-electron chi connectivity index (χ0n) is 12.5. The highest BCUT2D eigenvalue weighted by atomic mass is 19.4. The van der Waals surface area contributed by atoms with E-state index in [0.717, 1.165) is 0 Å². The molecule has 0 radical (unpaired) electrons. The lowest BCUT2D eigenvalue weighted by Crippen LogP contribution is -2.46. The molecule has 1 saturated carbocycles. The van der Waals surface area contributed by atoms with E-state index in [4.69, 9.17) is 0 Å². The van der Waals surface area contributed by atoms with Gasteiger partial charge in [0, 0.05) is 12.6 Å². The molecule has 0 aromatic rings.